The van der Waals surface area contributed by atoms with E-state index in [-0.39, 0.29) is 43.7 Å². The van der Waals surface area contributed by atoms with E-state index in [4.69, 9.17) is 37.9 Å². The van der Waals surface area contributed by atoms with Gasteiger partial charge in [-0.05, 0) is 98.7 Å². The van der Waals surface area contributed by atoms with Crippen LogP contribution in [0.3, 0.4) is 0 Å². The van der Waals surface area contributed by atoms with Crippen molar-refractivity contribution in [1.29, 1.82) is 0 Å². The van der Waals surface area contributed by atoms with Crippen molar-refractivity contribution < 1.29 is 67.3 Å². The molecule has 18 rings (SSSR count). The number of carbonyl (C=O) groups is 4. The summed E-state index contributed by atoms with van der Waals surface area (Å²) in [5.41, 5.74) is 2.78. The Morgan fingerprint density at radius 3 is 1.38 bits per heavy atom. The topological polar surface area (TPSA) is 209 Å². The maximum absolute atomic E-state index is 17.1. The molecule has 0 aliphatic carbocycles. The SMILES string of the molecule is CCCCCCCCCCC(CCC[C@H]1c2c(c3c4ccccc4n4c3c3c2c2ccccc2n3[C@]2(C)O[C@H]4C[C@]2(O)C(=O)OC)C(=O)N1Cc1ccc(OC)cc1OC)[C@H]1c2c(c3c4ccccc4n4c3c3c2c2ccccc2n3[C@]2(C)O[C@H]4C[C@]2(O)C(=O)OC)C(=O)N1Cc1ccc(OC)cc1OC. The first-order valence-electron chi connectivity index (χ1n) is 37.5. The van der Waals surface area contributed by atoms with Crippen LogP contribution in [0.15, 0.2) is 133 Å². The average molecular weight is 1430 g/mol. The number of para-hydroxylation sites is 4. The molecule has 20 nitrogen and oxygen atoms in total. The highest BCUT2D eigenvalue weighted by molar-refractivity contribution is 6.33. The van der Waals surface area contributed by atoms with Crippen molar-refractivity contribution in [2.45, 2.75) is 171 Å². The number of methoxy groups -OCH3 is 6. The summed E-state index contributed by atoms with van der Waals surface area (Å²) < 4.78 is 57.7. The molecule has 106 heavy (non-hydrogen) atoms. The molecule has 4 bridgehead atoms. The second kappa shape index (κ2) is 25.0. The molecular formula is C86H88N6O14. The Morgan fingerprint density at radius 1 is 0.491 bits per heavy atom. The molecule has 8 aromatic carbocycles. The molecule has 1 unspecified atom stereocenters. The maximum atomic E-state index is 17.1. The van der Waals surface area contributed by atoms with Gasteiger partial charge in [0.15, 0.2) is 11.4 Å². The van der Waals surface area contributed by atoms with Gasteiger partial charge in [-0.3, -0.25) is 9.59 Å². The molecule has 546 valence electrons. The van der Waals surface area contributed by atoms with E-state index in [0.717, 1.165) is 149 Å². The normalized spacial score (nSPS) is 23.6. The minimum atomic E-state index is -2.16. The number of aliphatic hydroxyl groups is 2. The number of amides is 2. The van der Waals surface area contributed by atoms with E-state index in [0.29, 0.717) is 58.9 Å². The summed E-state index contributed by atoms with van der Waals surface area (Å²) in [7, 11) is 9.11. The van der Waals surface area contributed by atoms with Gasteiger partial charge in [-0.1, -0.05) is 138 Å². The number of hydrogen-bond donors (Lipinski definition) is 2. The molecule has 2 N–H and O–H groups in total. The molecule has 6 aliphatic heterocycles. The number of unbranched alkanes of at least 4 members (excludes halogenated alkanes) is 7. The van der Waals surface area contributed by atoms with Gasteiger partial charge in [0.05, 0.1) is 123 Å². The predicted octanol–water partition coefficient (Wildman–Crippen LogP) is 16.6. The Balaban J connectivity index is 0.872. The van der Waals surface area contributed by atoms with Crippen LogP contribution in [0.4, 0.5) is 0 Å². The zero-order chi connectivity index (χ0) is 73.2. The molecule has 0 radical (unpaired) electrons. The average Bonchev–Trinajstić information content (AvgIpc) is 1.49. The summed E-state index contributed by atoms with van der Waals surface area (Å²) >= 11 is 0. The van der Waals surface area contributed by atoms with Crippen LogP contribution < -0.4 is 18.9 Å². The molecule has 2 saturated heterocycles. The van der Waals surface area contributed by atoms with E-state index in [2.05, 4.69) is 45.2 Å². The van der Waals surface area contributed by atoms with Crippen LogP contribution in [-0.4, -0.2) is 116 Å². The zero-order valence-corrected chi connectivity index (χ0v) is 61.4. The predicted molar refractivity (Wildman–Crippen MR) is 404 cm³/mol. The number of nitrogens with zero attached hydrogens (tertiary/aromatic N) is 6. The Morgan fingerprint density at radius 2 is 0.906 bits per heavy atom. The monoisotopic (exact) mass is 1430 g/mol. The van der Waals surface area contributed by atoms with Crippen LogP contribution in [0.1, 0.15) is 178 Å². The summed E-state index contributed by atoms with van der Waals surface area (Å²) in [6, 6.07) is 42.5. The Kier molecular flexibility index (Phi) is 16.0. The van der Waals surface area contributed by atoms with Crippen LogP contribution in [0.5, 0.6) is 23.0 Å². The number of aromatic nitrogens is 4. The largest absolute Gasteiger partial charge is 0.497 e. The third kappa shape index (κ3) is 9.13. The molecule has 9 atom stereocenters. The number of esters is 2. The molecule has 12 aromatic rings. The van der Waals surface area contributed by atoms with Crippen molar-refractivity contribution in [3.8, 4) is 23.0 Å². The van der Waals surface area contributed by atoms with E-state index in [9.17, 15) is 19.8 Å². The van der Waals surface area contributed by atoms with Crippen LogP contribution in [-0.2, 0) is 53.1 Å². The summed E-state index contributed by atoms with van der Waals surface area (Å²) in [5, 5.41) is 32.9. The molecule has 20 heteroatoms. The third-order valence-electron chi connectivity index (χ3n) is 25.2. The van der Waals surface area contributed by atoms with Crippen LogP contribution >= 0.6 is 0 Å². The van der Waals surface area contributed by atoms with Crippen molar-refractivity contribution in [1.82, 2.24) is 28.1 Å². The van der Waals surface area contributed by atoms with Gasteiger partial charge in [-0.2, -0.15) is 0 Å². The Hall–Kier alpha value is -10.1. The summed E-state index contributed by atoms with van der Waals surface area (Å²) in [5.74, 6) is 0.228. The first kappa shape index (κ1) is 67.7. The van der Waals surface area contributed by atoms with Crippen LogP contribution in [0.2, 0.25) is 0 Å². The molecule has 2 amide bonds. The van der Waals surface area contributed by atoms with E-state index in [1.807, 2.05) is 123 Å². The lowest BCUT2D eigenvalue weighted by Gasteiger charge is -2.37. The molecule has 2 fully saturated rings. The van der Waals surface area contributed by atoms with Crippen LogP contribution in [0, 0.1) is 5.92 Å². The van der Waals surface area contributed by atoms with E-state index in [1.165, 1.54) is 27.1 Å². The lowest BCUT2D eigenvalue weighted by atomic mass is 9.81. The standard InChI is InChI=1S/C86H88N6O14/c1-10-11-12-13-14-15-16-17-27-48(74-71-67-56-32-21-25-36-60(56)92-78(67)76-69(73(71)80(94)88(74)47-50-39-41-52(100-5)43-63(50)102-7)54-30-19-23-34-58(54)90(76)65-45-86(98,82(96)104-9)84(92,3)106-65)28-26-37-61-70-66-55-31-20-24-35-59(55)91-77(66)75-68(72(70)79(93)87(61)46-49-38-40-51(99-4)42-62(49)101-6)53-29-18-22-33-57(53)89(75)64-44-85(97,81(95)103-8)83(91,2)105-64/h18-25,29-36,38-43,48,61,64-65,74,97-98H,10-17,26-28,37,44-47H2,1-9H3/t48?,61-,64-,65-,74-,83+,84+,85-,86-/m0/s1. The summed E-state index contributed by atoms with van der Waals surface area (Å²) in [6.45, 7) is 6.16. The zero-order valence-electron chi connectivity index (χ0n) is 61.4. The fraction of sp³-hybridized carbons (Fsp3) is 0.395. The van der Waals surface area contributed by atoms with Gasteiger partial charge >= 0.3 is 11.9 Å². The minimum absolute atomic E-state index is 0.119. The Labute approximate surface area is 612 Å². The fourth-order valence-electron chi connectivity index (χ4n) is 20.3. The molecule has 4 aromatic heterocycles. The van der Waals surface area contributed by atoms with E-state index in [1.54, 1.807) is 42.3 Å². The first-order valence-corrected chi connectivity index (χ1v) is 37.5. The fourth-order valence-corrected chi connectivity index (χ4v) is 20.3. The molecule has 10 heterocycles. The van der Waals surface area contributed by atoms with Gasteiger partial charge in [0.1, 0.15) is 35.5 Å². The highest BCUT2D eigenvalue weighted by atomic mass is 16.6. The quantitative estimate of drug-likeness (QED) is 0.0426. The highest BCUT2D eigenvalue weighted by Crippen LogP contribution is 2.63. The Bertz CT molecular complexity index is 5710. The number of ether oxygens (including phenoxy) is 8. The second-order valence-electron chi connectivity index (χ2n) is 30.3. The van der Waals surface area contributed by atoms with E-state index >= 15 is 9.59 Å². The van der Waals surface area contributed by atoms with Crippen molar-refractivity contribution in [2.24, 2.45) is 5.92 Å². The number of hydrogen-bond acceptors (Lipinski definition) is 14. The number of carbonyl (C=O) groups excluding carboxylic acids is 4. The molecule has 0 spiro atoms. The molecular weight excluding hydrogens is 1340 g/mol. The van der Waals surface area contributed by atoms with Gasteiger partial charge in [0.25, 0.3) is 11.8 Å². The third-order valence-corrected chi connectivity index (χ3v) is 25.2. The van der Waals surface area contributed by atoms with Crippen molar-refractivity contribution in [2.75, 3.05) is 42.7 Å². The summed E-state index contributed by atoms with van der Waals surface area (Å²) in [4.78, 5) is 67.0. The lowest BCUT2D eigenvalue weighted by molar-refractivity contribution is -0.203. The first-order chi connectivity index (χ1) is 51.5. The molecule has 6 aliphatic rings. The van der Waals surface area contributed by atoms with Gasteiger partial charge in [0.2, 0.25) is 11.2 Å². The summed E-state index contributed by atoms with van der Waals surface area (Å²) in [6.07, 6.45) is 9.19. The van der Waals surface area contributed by atoms with Gasteiger partial charge in [-0.15, -0.1) is 0 Å². The van der Waals surface area contributed by atoms with Crippen molar-refractivity contribution in [3.63, 3.8) is 0 Å². The lowest BCUT2D eigenvalue weighted by Crippen LogP contribution is -2.56. The number of rotatable bonds is 24. The van der Waals surface area contributed by atoms with Gasteiger partial charge in [-0.25, -0.2) is 9.59 Å². The van der Waals surface area contributed by atoms with Crippen molar-refractivity contribution in [3.05, 3.63) is 167 Å². The van der Waals surface area contributed by atoms with Crippen molar-refractivity contribution >= 4 is 111 Å². The second-order valence-corrected chi connectivity index (χ2v) is 30.3. The smallest absolute Gasteiger partial charge is 0.343 e. The van der Waals surface area contributed by atoms with Gasteiger partial charge < -0.3 is 76.2 Å². The van der Waals surface area contributed by atoms with E-state index < -0.39 is 59.1 Å². The molecule has 0 saturated carbocycles. The van der Waals surface area contributed by atoms with Gasteiger partial charge in [0, 0.05) is 79.2 Å². The number of fused-ring (bicyclic) bond motifs is 26. The maximum Gasteiger partial charge on any atom is 0.343 e. The highest BCUT2D eigenvalue weighted by Gasteiger charge is 2.68. The number of benzene rings is 8. The minimum Gasteiger partial charge on any atom is -0.497 e. The van der Waals surface area contributed by atoms with Crippen LogP contribution in [0.25, 0.3) is 87.2 Å².